The molecular weight excluding hydrogens is 280 g/mol. The number of hydrogen-bond donors (Lipinski definition) is 0. The number of hydrogen-bond acceptors (Lipinski definition) is 4. The van der Waals surface area contributed by atoms with Gasteiger partial charge in [0.05, 0.1) is 6.61 Å². The summed E-state index contributed by atoms with van der Waals surface area (Å²) < 4.78 is 10.7. The zero-order chi connectivity index (χ0) is 16.2. The van der Waals surface area contributed by atoms with Crippen LogP contribution in [0.4, 0.5) is 0 Å². The maximum atomic E-state index is 12.1. The van der Waals surface area contributed by atoms with Crippen molar-refractivity contribution in [3.8, 4) is 5.75 Å². The summed E-state index contributed by atoms with van der Waals surface area (Å²) in [7, 11) is 0. The van der Waals surface area contributed by atoms with E-state index in [-0.39, 0.29) is 11.8 Å². The van der Waals surface area contributed by atoms with Crippen molar-refractivity contribution < 1.29 is 19.1 Å². The molecule has 22 heavy (non-hydrogen) atoms. The highest BCUT2D eigenvalue weighted by atomic mass is 16.6. The van der Waals surface area contributed by atoms with Crippen molar-refractivity contribution in [2.75, 3.05) is 6.61 Å². The van der Waals surface area contributed by atoms with E-state index in [1.165, 1.54) is 5.56 Å². The second-order valence-corrected chi connectivity index (χ2v) is 6.64. The van der Waals surface area contributed by atoms with Crippen LogP contribution in [0.2, 0.25) is 0 Å². The van der Waals surface area contributed by atoms with Crippen molar-refractivity contribution >= 4 is 11.8 Å². The van der Waals surface area contributed by atoms with E-state index in [0.717, 1.165) is 12.2 Å². The van der Waals surface area contributed by atoms with Crippen LogP contribution in [0.3, 0.4) is 0 Å². The summed E-state index contributed by atoms with van der Waals surface area (Å²) in [6.07, 6.45) is 3.08. The Kier molecular flexibility index (Phi) is 5.22. The molecule has 0 aliphatic carbocycles. The molecule has 1 aliphatic rings. The van der Waals surface area contributed by atoms with Crippen molar-refractivity contribution in [2.24, 2.45) is 0 Å². The Morgan fingerprint density at radius 3 is 2.64 bits per heavy atom. The largest absolute Gasteiger partial charge is 0.493 e. The monoisotopic (exact) mass is 304 g/mol. The average molecular weight is 304 g/mol. The van der Waals surface area contributed by atoms with Gasteiger partial charge >= 0.3 is 5.97 Å². The summed E-state index contributed by atoms with van der Waals surface area (Å²) in [4.78, 5) is 23.7. The minimum atomic E-state index is -0.447. The van der Waals surface area contributed by atoms with Crippen LogP contribution in [0.5, 0.6) is 5.75 Å². The number of carbonyl (C=O) groups excluding carboxylic acids is 2. The molecule has 0 N–H and O–H groups in total. The van der Waals surface area contributed by atoms with Crippen LogP contribution in [-0.2, 0) is 16.0 Å². The van der Waals surface area contributed by atoms with E-state index in [1.807, 2.05) is 39.0 Å². The third kappa shape index (κ3) is 4.86. The summed E-state index contributed by atoms with van der Waals surface area (Å²) in [6, 6.07) is 5.67. The number of esters is 1. The first-order valence-electron chi connectivity index (χ1n) is 7.86. The second-order valence-electron chi connectivity index (χ2n) is 6.64. The molecule has 0 bridgehead atoms. The Morgan fingerprint density at radius 2 is 1.91 bits per heavy atom. The fourth-order valence-electron chi connectivity index (χ4n) is 2.43. The van der Waals surface area contributed by atoms with Gasteiger partial charge in [-0.1, -0.05) is 12.1 Å². The average Bonchev–Trinajstić information content (AvgIpc) is 2.88. The number of ether oxygens (including phenoxy) is 2. The molecular formula is C18H24O4. The first kappa shape index (κ1) is 16.5. The summed E-state index contributed by atoms with van der Waals surface area (Å²) in [5.41, 5.74) is 1.41. The molecule has 120 valence electrons. The van der Waals surface area contributed by atoms with Crippen molar-refractivity contribution in [2.45, 2.75) is 58.5 Å². The van der Waals surface area contributed by atoms with Crippen LogP contribution in [0.25, 0.3) is 0 Å². The predicted molar refractivity (Wildman–Crippen MR) is 84.3 cm³/mol. The van der Waals surface area contributed by atoms with Crippen LogP contribution in [0, 0.1) is 0 Å². The van der Waals surface area contributed by atoms with Gasteiger partial charge in [-0.05, 0) is 45.2 Å². The topological polar surface area (TPSA) is 52.6 Å². The van der Waals surface area contributed by atoms with Crippen molar-refractivity contribution in [1.82, 2.24) is 0 Å². The van der Waals surface area contributed by atoms with Gasteiger partial charge in [0, 0.05) is 24.8 Å². The maximum absolute atomic E-state index is 12.1. The third-order valence-electron chi connectivity index (χ3n) is 3.47. The van der Waals surface area contributed by atoms with Gasteiger partial charge in [0.25, 0.3) is 0 Å². The zero-order valence-electron chi connectivity index (χ0n) is 13.6. The minimum Gasteiger partial charge on any atom is -0.493 e. The molecule has 0 amide bonds. The molecule has 0 atom stereocenters. The molecule has 1 aromatic rings. The Labute approximate surface area is 131 Å². The molecule has 1 aromatic carbocycles. The zero-order valence-corrected chi connectivity index (χ0v) is 13.6. The lowest BCUT2D eigenvalue weighted by atomic mass is 10.0. The molecule has 4 heteroatoms. The van der Waals surface area contributed by atoms with Gasteiger partial charge in [-0.3, -0.25) is 9.59 Å². The SMILES string of the molecule is CC(C)(C)OC(=O)CCCCC(=O)c1ccc2c(c1)OCC2. The smallest absolute Gasteiger partial charge is 0.306 e. The number of carbonyl (C=O) groups is 2. The molecule has 2 rings (SSSR count). The van der Waals surface area contributed by atoms with Gasteiger partial charge in [-0.2, -0.15) is 0 Å². The van der Waals surface area contributed by atoms with Crippen LogP contribution in [0.15, 0.2) is 18.2 Å². The first-order chi connectivity index (χ1) is 10.3. The summed E-state index contributed by atoms with van der Waals surface area (Å²) in [6.45, 7) is 6.25. The maximum Gasteiger partial charge on any atom is 0.306 e. The molecule has 0 unspecified atom stereocenters. The lowest BCUT2D eigenvalue weighted by Gasteiger charge is -2.19. The van der Waals surface area contributed by atoms with Crippen molar-refractivity contribution in [3.05, 3.63) is 29.3 Å². The quantitative estimate of drug-likeness (QED) is 0.457. The van der Waals surface area contributed by atoms with Crippen molar-refractivity contribution in [1.29, 1.82) is 0 Å². The molecule has 0 aromatic heterocycles. The van der Waals surface area contributed by atoms with Crippen molar-refractivity contribution in [3.63, 3.8) is 0 Å². The van der Waals surface area contributed by atoms with Gasteiger partial charge in [0.1, 0.15) is 11.4 Å². The van der Waals surface area contributed by atoms with Crippen LogP contribution < -0.4 is 4.74 Å². The van der Waals surface area contributed by atoms with Crippen LogP contribution >= 0.6 is 0 Å². The van der Waals surface area contributed by atoms with E-state index in [4.69, 9.17) is 9.47 Å². The molecule has 0 saturated heterocycles. The minimum absolute atomic E-state index is 0.0995. The number of unbranched alkanes of at least 4 members (excludes halogenated alkanes) is 1. The normalized spacial score (nSPS) is 13.4. The molecule has 4 nitrogen and oxygen atoms in total. The summed E-state index contributed by atoms with van der Waals surface area (Å²) in [5.74, 6) is 0.730. The van der Waals surface area contributed by atoms with Gasteiger partial charge in [-0.15, -0.1) is 0 Å². The number of rotatable bonds is 6. The fraction of sp³-hybridized carbons (Fsp3) is 0.556. The Hall–Kier alpha value is -1.84. The molecule has 1 heterocycles. The van der Waals surface area contributed by atoms with Crippen LogP contribution in [-0.4, -0.2) is 24.0 Å². The Morgan fingerprint density at radius 1 is 1.18 bits per heavy atom. The Balaban J connectivity index is 1.73. The molecule has 0 saturated carbocycles. The lowest BCUT2D eigenvalue weighted by Crippen LogP contribution is -2.23. The number of benzene rings is 1. The standard InChI is InChI=1S/C18H24O4/c1-18(2,3)22-17(20)7-5-4-6-15(19)14-9-8-13-10-11-21-16(13)12-14/h8-9,12H,4-7,10-11H2,1-3H3. The van der Waals surface area contributed by atoms with E-state index in [9.17, 15) is 9.59 Å². The lowest BCUT2D eigenvalue weighted by molar-refractivity contribution is -0.154. The Bertz CT molecular complexity index is 555. The van der Waals surface area contributed by atoms with Gasteiger partial charge in [-0.25, -0.2) is 0 Å². The van der Waals surface area contributed by atoms with E-state index in [2.05, 4.69) is 0 Å². The van der Waals surface area contributed by atoms with Crippen LogP contribution in [0.1, 0.15) is 62.4 Å². The van der Waals surface area contributed by atoms with Gasteiger partial charge in [0.2, 0.25) is 0 Å². The molecule has 0 fully saturated rings. The first-order valence-corrected chi connectivity index (χ1v) is 7.86. The molecule has 0 radical (unpaired) electrons. The summed E-state index contributed by atoms with van der Waals surface area (Å²) in [5, 5.41) is 0. The highest BCUT2D eigenvalue weighted by Crippen LogP contribution is 2.26. The van der Waals surface area contributed by atoms with Gasteiger partial charge in [0.15, 0.2) is 5.78 Å². The number of fused-ring (bicyclic) bond motifs is 1. The number of Topliss-reactive ketones (excluding diaryl/α,β-unsaturated/α-hetero) is 1. The van der Waals surface area contributed by atoms with Gasteiger partial charge < -0.3 is 9.47 Å². The fourth-order valence-corrected chi connectivity index (χ4v) is 2.43. The van der Waals surface area contributed by atoms with E-state index in [1.54, 1.807) is 0 Å². The van der Waals surface area contributed by atoms with E-state index in [0.29, 0.717) is 37.9 Å². The van der Waals surface area contributed by atoms with E-state index >= 15 is 0 Å². The van der Waals surface area contributed by atoms with E-state index < -0.39 is 5.60 Å². The third-order valence-corrected chi connectivity index (χ3v) is 3.47. The summed E-state index contributed by atoms with van der Waals surface area (Å²) >= 11 is 0. The molecule has 0 spiro atoms. The highest BCUT2D eigenvalue weighted by Gasteiger charge is 2.17. The highest BCUT2D eigenvalue weighted by molar-refractivity contribution is 5.96. The predicted octanol–water partition coefficient (Wildman–Crippen LogP) is 3.71. The second kappa shape index (κ2) is 6.95. The molecule has 1 aliphatic heterocycles. The number of ketones is 1.